The van der Waals surface area contributed by atoms with Crippen LogP contribution in [0.2, 0.25) is 0 Å². The lowest BCUT2D eigenvalue weighted by Crippen LogP contribution is -2.22. The van der Waals surface area contributed by atoms with Crippen molar-refractivity contribution in [3.05, 3.63) is 60.8 Å². The Labute approximate surface area is 179 Å². The van der Waals surface area contributed by atoms with Crippen molar-refractivity contribution < 1.29 is 13.2 Å². The molecule has 5 nitrogen and oxygen atoms in total. The molecule has 0 fully saturated rings. The number of thiazole rings is 1. The minimum Gasteiger partial charge on any atom is -0.301 e. The maximum Gasteiger partial charge on any atom is 0.239 e. The van der Waals surface area contributed by atoms with Gasteiger partial charge in [-0.1, -0.05) is 60.7 Å². The number of nitrogens with one attached hydrogen (secondary N) is 1. The predicted octanol–water partition coefficient (Wildman–Crippen LogP) is 5.11. The molecule has 152 valence electrons. The molecule has 0 spiro atoms. The van der Waals surface area contributed by atoms with Crippen molar-refractivity contribution in [2.24, 2.45) is 0 Å². The third-order valence-electron chi connectivity index (χ3n) is 4.12. The highest BCUT2D eigenvalue weighted by molar-refractivity contribution is 8.01. The number of hydrogen-bond donors (Lipinski definition) is 1. The average molecular weight is 447 g/mol. The van der Waals surface area contributed by atoms with Gasteiger partial charge in [-0.05, 0) is 31.0 Å². The van der Waals surface area contributed by atoms with E-state index in [0.29, 0.717) is 16.4 Å². The summed E-state index contributed by atoms with van der Waals surface area (Å²) >= 11 is 2.64. The van der Waals surface area contributed by atoms with Crippen LogP contribution >= 0.6 is 23.1 Å². The first-order valence-electron chi connectivity index (χ1n) is 9.21. The zero-order valence-corrected chi connectivity index (χ0v) is 18.6. The van der Waals surface area contributed by atoms with Crippen LogP contribution in [0.1, 0.15) is 20.3 Å². The van der Waals surface area contributed by atoms with Crippen LogP contribution in [0, 0.1) is 0 Å². The highest BCUT2D eigenvalue weighted by Crippen LogP contribution is 2.32. The quantitative estimate of drug-likeness (QED) is 0.487. The fraction of sp³-hybridized carbons (Fsp3) is 0.238. The highest BCUT2D eigenvalue weighted by atomic mass is 32.2. The Hall–Kier alpha value is -2.16. The highest BCUT2D eigenvalue weighted by Gasteiger charge is 2.22. The summed E-state index contributed by atoms with van der Waals surface area (Å²) in [4.78, 5) is 18.8. The number of anilines is 1. The number of carbonyl (C=O) groups is 1. The average Bonchev–Trinajstić information content (AvgIpc) is 3.17. The lowest BCUT2D eigenvalue weighted by molar-refractivity contribution is -0.115. The maximum atomic E-state index is 12.6. The molecule has 1 unspecified atom stereocenters. The molecule has 0 saturated carbocycles. The van der Waals surface area contributed by atoms with Crippen LogP contribution in [-0.2, 0) is 14.6 Å². The van der Waals surface area contributed by atoms with Gasteiger partial charge in [0.15, 0.2) is 15.0 Å². The molecule has 0 radical (unpaired) electrons. The molecule has 0 bridgehead atoms. The fourth-order valence-electron chi connectivity index (χ4n) is 2.70. The van der Waals surface area contributed by atoms with Crippen LogP contribution in [0.4, 0.5) is 5.13 Å². The second-order valence-electron chi connectivity index (χ2n) is 6.41. The van der Waals surface area contributed by atoms with Crippen LogP contribution in [0.25, 0.3) is 10.4 Å². The molecule has 2 aromatic carbocycles. The van der Waals surface area contributed by atoms with Gasteiger partial charge < -0.3 is 5.32 Å². The number of rotatable bonds is 8. The van der Waals surface area contributed by atoms with Crippen molar-refractivity contribution >= 4 is 44.0 Å². The molecule has 0 aliphatic rings. The monoisotopic (exact) mass is 446 g/mol. The number of sulfone groups is 1. The third-order valence-corrected chi connectivity index (χ3v) is 8.36. The van der Waals surface area contributed by atoms with Gasteiger partial charge in [0, 0.05) is 11.1 Å². The number of thioether (sulfide) groups is 1. The molecule has 0 saturated heterocycles. The number of carbonyl (C=O) groups excluding carboxylic acids is 1. The summed E-state index contributed by atoms with van der Waals surface area (Å²) in [6.45, 7) is 3.59. The minimum atomic E-state index is -3.36. The van der Waals surface area contributed by atoms with Gasteiger partial charge in [0.25, 0.3) is 0 Å². The van der Waals surface area contributed by atoms with E-state index < -0.39 is 15.1 Å². The number of amides is 1. The molecule has 1 amide bonds. The van der Waals surface area contributed by atoms with Crippen molar-refractivity contribution in [3.63, 3.8) is 0 Å². The van der Waals surface area contributed by atoms with Gasteiger partial charge in [-0.2, -0.15) is 0 Å². The third kappa shape index (κ3) is 5.46. The molecule has 1 heterocycles. The number of aromatic nitrogens is 1. The topological polar surface area (TPSA) is 76.1 Å². The maximum absolute atomic E-state index is 12.6. The summed E-state index contributed by atoms with van der Waals surface area (Å²) in [6, 6.07) is 16.7. The van der Waals surface area contributed by atoms with Gasteiger partial charge in [0.05, 0.1) is 20.8 Å². The van der Waals surface area contributed by atoms with Crippen LogP contribution in [0.5, 0.6) is 0 Å². The summed E-state index contributed by atoms with van der Waals surface area (Å²) in [6.07, 6.45) is 2.28. The molecular formula is C21H22N2O3S3. The van der Waals surface area contributed by atoms with Gasteiger partial charge in [0.1, 0.15) is 0 Å². The van der Waals surface area contributed by atoms with Crippen molar-refractivity contribution in [2.45, 2.75) is 35.3 Å². The zero-order valence-electron chi connectivity index (χ0n) is 16.2. The van der Waals surface area contributed by atoms with Crippen LogP contribution in [0.3, 0.4) is 0 Å². The molecule has 3 aromatic rings. The Bertz CT molecular complexity index is 1080. The smallest absolute Gasteiger partial charge is 0.239 e. The van der Waals surface area contributed by atoms with Crippen molar-refractivity contribution in [3.8, 4) is 10.4 Å². The Balaban J connectivity index is 1.70. The van der Waals surface area contributed by atoms with E-state index in [9.17, 15) is 13.2 Å². The number of nitrogens with zero attached hydrogens (tertiary/aromatic N) is 1. The second kappa shape index (κ2) is 9.56. The van der Waals surface area contributed by atoms with Crippen LogP contribution in [-0.4, -0.2) is 30.3 Å². The molecule has 1 N–H and O–H groups in total. The van der Waals surface area contributed by atoms with Crippen molar-refractivity contribution in [2.75, 3.05) is 11.1 Å². The zero-order chi connectivity index (χ0) is 20.9. The van der Waals surface area contributed by atoms with Gasteiger partial charge in [-0.25, -0.2) is 13.4 Å². The minimum absolute atomic E-state index is 0.0898. The lowest BCUT2D eigenvalue weighted by Gasteiger charge is -2.14. The van der Waals surface area contributed by atoms with E-state index in [4.69, 9.17) is 0 Å². The molecular weight excluding hydrogens is 424 g/mol. The van der Waals surface area contributed by atoms with E-state index >= 15 is 0 Å². The summed E-state index contributed by atoms with van der Waals surface area (Å²) in [5, 5.41) is 2.88. The molecule has 3 rings (SSSR count). The van der Waals surface area contributed by atoms with E-state index in [-0.39, 0.29) is 16.6 Å². The fourth-order valence-corrected chi connectivity index (χ4v) is 6.36. The molecule has 0 aliphatic heterocycles. The van der Waals surface area contributed by atoms with Gasteiger partial charge in [-0.15, -0.1) is 11.8 Å². The van der Waals surface area contributed by atoms with Crippen LogP contribution in [0.15, 0.2) is 70.6 Å². The molecule has 1 aromatic heterocycles. The summed E-state index contributed by atoms with van der Waals surface area (Å²) in [5.41, 5.74) is 1.04. The van der Waals surface area contributed by atoms with Gasteiger partial charge >= 0.3 is 0 Å². The van der Waals surface area contributed by atoms with Gasteiger partial charge in [0.2, 0.25) is 5.91 Å². The van der Waals surface area contributed by atoms with E-state index in [1.807, 2.05) is 37.3 Å². The predicted molar refractivity (Wildman–Crippen MR) is 120 cm³/mol. The molecule has 8 heteroatoms. The van der Waals surface area contributed by atoms with Crippen molar-refractivity contribution in [1.82, 2.24) is 4.98 Å². The molecule has 29 heavy (non-hydrogen) atoms. The Morgan fingerprint density at radius 2 is 1.83 bits per heavy atom. The summed E-state index contributed by atoms with van der Waals surface area (Å²) < 4.78 is 25.0. The summed E-state index contributed by atoms with van der Waals surface area (Å²) in [5.74, 6) is -0.126. The Morgan fingerprint density at radius 1 is 1.14 bits per heavy atom. The van der Waals surface area contributed by atoms with E-state index in [1.165, 1.54) is 23.1 Å². The molecule has 1 atom stereocenters. The van der Waals surface area contributed by atoms with E-state index in [1.54, 1.807) is 37.4 Å². The summed E-state index contributed by atoms with van der Waals surface area (Å²) in [7, 11) is -3.36. The normalized spacial score (nSPS) is 12.5. The number of benzene rings is 2. The van der Waals surface area contributed by atoms with E-state index in [2.05, 4.69) is 10.3 Å². The SMILES string of the molecule is CCCS(=O)(=O)c1ccccc1SC(C)C(=O)Nc1ncc(-c2ccccc2)s1. The second-order valence-corrected chi connectivity index (χ2v) is 10.9. The first-order valence-corrected chi connectivity index (χ1v) is 12.6. The Kier molecular flexibility index (Phi) is 7.10. The standard InChI is InChI=1S/C21H22N2O3S3/c1-3-13-29(25,26)19-12-8-7-11-17(19)27-15(2)20(24)23-21-22-14-18(28-21)16-9-5-4-6-10-16/h4-12,14-15H,3,13H2,1-2H3,(H,22,23,24). The van der Waals surface area contributed by atoms with Crippen molar-refractivity contribution in [1.29, 1.82) is 0 Å². The first kappa shape index (κ1) is 21.5. The van der Waals surface area contributed by atoms with Crippen LogP contribution < -0.4 is 5.32 Å². The molecule has 0 aliphatic carbocycles. The first-order chi connectivity index (χ1) is 13.9. The largest absolute Gasteiger partial charge is 0.301 e. The van der Waals surface area contributed by atoms with E-state index in [0.717, 1.165) is 10.4 Å². The van der Waals surface area contributed by atoms with Gasteiger partial charge in [-0.3, -0.25) is 4.79 Å². The number of hydrogen-bond acceptors (Lipinski definition) is 6. The lowest BCUT2D eigenvalue weighted by atomic mass is 10.2. The Morgan fingerprint density at radius 3 is 2.55 bits per heavy atom.